The van der Waals surface area contributed by atoms with Gasteiger partial charge in [0.1, 0.15) is 5.75 Å². The molecule has 0 bridgehead atoms. The van der Waals surface area contributed by atoms with Crippen molar-refractivity contribution in [2.75, 3.05) is 33.4 Å². The van der Waals surface area contributed by atoms with E-state index < -0.39 is 6.09 Å². The molecule has 1 amide bonds. The SMILES string of the molecule is COc1cnc2ccc(=O)n(CCN3CC[C@H](COC(=O)NCc4ccccc4)C3)c2c1. The lowest BCUT2D eigenvalue weighted by atomic mass is 10.1. The molecule has 3 heterocycles. The molecule has 0 spiro atoms. The van der Waals surface area contributed by atoms with Crippen molar-refractivity contribution in [2.24, 2.45) is 5.92 Å². The van der Waals surface area contributed by atoms with Crippen LogP contribution in [0.4, 0.5) is 4.79 Å². The molecule has 8 heteroatoms. The lowest BCUT2D eigenvalue weighted by Crippen LogP contribution is -2.30. The molecular formula is C24H28N4O4. The second-order valence-corrected chi connectivity index (χ2v) is 8.00. The minimum atomic E-state index is -0.393. The van der Waals surface area contributed by atoms with E-state index in [1.54, 1.807) is 30.0 Å². The molecule has 1 aliphatic heterocycles. The fourth-order valence-electron chi connectivity index (χ4n) is 4.00. The minimum absolute atomic E-state index is 0.0540. The molecule has 1 aromatic carbocycles. The van der Waals surface area contributed by atoms with E-state index in [1.807, 2.05) is 36.4 Å². The highest BCUT2D eigenvalue weighted by Gasteiger charge is 2.23. The lowest BCUT2D eigenvalue weighted by molar-refractivity contribution is 0.126. The Labute approximate surface area is 186 Å². The number of pyridine rings is 2. The van der Waals surface area contributed by atoms with Crippen LogP contribution in [0.5, 0.6) is 5.75 Å². The summed E-state index contributed by atoms with van der Waals surface area (Å²) in [5.41, 5.74) is 2.51. The van der Waals surface area contributed by atoms with E-state index in [1.165, 1.54) is 0 Å². The predicted molar refractivity (Wildman–Crippen MR) is 122 cm³/mol. The smallest absolute Gasteiger partial charge is 0.407 e. The number of carbonyl (C=O) groups is 1. The van der Waals surface area contributed by atoms with Gasteiger partial charge >= 0.3 is 6.09 Å². The Bertz CT molecular complexity index is 1120. The Kier molecular flexibility index (Phi) is 7.01. The summed E-state index contributed by atoms with van der Waals surface area (Å²) in [5, 5.41) is 2.78. The van der Waals surface area contributed by atoms with Crippen molar-refractivity contribution in [3.8, 4) is 5.75 Å². The monoisotopic (exact) mass is 436 g/mol. The van der Waals surface area contributed by atoms with Crippen LogP contribution in [0.1, 0.15) is 12.0 Å². The second-order valence-electron chi connectivity index (χ2n) is 8.00. The van der Waals surface area contributed by atoms with Crippen molar-refractivity contribution in [2.45, 2.75) is 19.5 Å². The number of benzene rings is 1. The maximum absolute atomic E-state index is 12.5. The first-order chi connectivity index (χ1) is 15.6. The number of nitrogens with zero attached hydrogens (tertiary/aromatic N) is 3. The Morgan fingerprint density at radius 1 is 1.19 bits per heavy atom. The van der Waals surface area contributed by atoms with Gasteiger partial charge in [0.05, 0.1) is 30.9 Å². The zero-order valence-corrected chi connectivity index (χ0v) is 18.2. The van der Waals surface area contributed by atoms with E-state index in [0.717, 1.165) is 42.7 Å². The molecule has 1 aliphatic rings. The van der Waals surface area contributed by atoms with Gasteiger partial charge in [-0.2, -0.15) is 0 Å². The second kappa shape index (κ2) is 10.3. The van der Waals surface area contributed by atoms with Gasteiger partial charge in [-0.05, 0) is 24.6 Å². The molecule has 0 aliphatic carbocycles. The third kappa shape index (κ3) is 5.45. The topological polar surface area (TPSA) is 85.7 Å². The number of ether oxygens (including phenoxy) is 2. The molecule has 0 unspecified atom stereocenters. The fourth-order valence-corrected chi connectivity index (χ4v) is 4.00. The summed E-state index contributed by atoms with van der Waals surface area (Å²) in [5.74, 6) is 0.921. The van der Waals surface area contributed by atoms with Crippen LogP contribution in [0, 0.1) is 5.92 Å². The van der Waals surface area contributed by atoms with E-state index in [2.05, 4.69) is 15.2 Å². The van der Waals surface area contributed by atoms with Crippen LogP contribution in [0.2, 0.25) is 0 Å². The highest BCUT2D eigenvalue weighted by Crippen LogP contribution is 2.19. The quantitative estimate of drug-likeness (QED) is 0.584. The molecule has 1 atom stereocenters. The minimum Gasteiger partial charge on any atom is -0.495 e. The summed E-state index contributed by atoms with van der Waals surface area (Å²) < 4.78 is 12.4. The van der Waals surface area contributed by atoms with Crippen molar-refractivity contribution in [3.05, 3.63) is 70.6 Å². The number of carbonyl (C=O) groups excluding carboxylic acids is 1. The van der Waals surface area contributed by atoms with Gasteiger partial charge < -0.3 is 24.3 Å². The van der Waals surface area contributed by atoms with Gasteiger partial charge in [0.2, 0.25) is 0 Å². The number of hydrogen-bond acceptors (Lipinski definition) is 6. The largest absolute Gasteiger partial charge is 0.495 e. The maximum Gasteiger partial charge on any atom is 0.407 e. The van der Waals surface area contributed by atoms with Gasteiger partial charge in [0, 0.05) is 44.2 Å². The first kappa shape index (κ1) is 21.8. The number of fused-ring (bicyclic) bond motifs is 1. The Balaban J connectivity index is 1.25. The van der Waals surface area contributed by atoms with Crippen LogP contribution in [0.3, 0.4) is 0 Å². The summed E-state index contributed by atoms with van der Waals surface area (Å²) in [4.78, 5) is 31.1. The van der Waals surface area contributed by atoms with Crippen LogP contribution >= 0.6 is 0 Å². The Morgan fingerprint density at radius 2 is 2.03 bits per heavy atom. The molecule has 168 valence electrons. The average Bonchev–Trinajstić information content (AvgIpc) is 3.29. The lowest BCUT2D eigenvalue weighted by Gasteiger charge is -2.18. The van der Waals surface area contributed by atoms with Crippen molar-refractivity contribution in [1.82, 2.24) is 19.8 Å². The van der Waals surface area contributed by atoms with Crippen molar-refractivity contribution in [3.63, 3.8) is 0 Å². The average molecular weight is 437 g/mol. The fraction of sp³-hybridized carbons (Fsp3) is 0.375. The molecule has 3 aromatic rings. The summed E-state index contributed by atoms with van der Waals surface area (Å²) >= 11 is 0. The number of likely N-dealkylation sites (tertiary alicyclic amines) is 1. The molecular weight excluding hydrogens is 408 g/mol. The van der Waals surface area contributed by atoms with Gasteiger partial charge in [-0.25, -0.2) is 4.79 Å². The molecule has 1 fully saturated rings. The van der Waals surface area contributed by atoms with Gasteiger partial charge in [-0.15, -0.1) is 0 Å². The molecule has 8 nitrogen and oxygen atoms in total. The van der Waals surface area contributed by atoms with Gasteiger partial charge in [0.25, 0.3) is 5.56 Å². The van der Waals surface area contributed by atoms with Crippen LogP contribution in [-0.4, -0.2) is 53.9 Å². The summed E-state index contributed by atoms with van der Waals surface area (Å²) in [7, 11) is 1.59. The van der Waals surface area contributed by atoms with Crippen LogP contribution in [0.15, 0.2) is 59.5 Å². The first-order valence-corrected chi connectivity index (χ1v) is 10.8. The number of alkyl carbamates (subject to hydrolysis) is 1. The van der Waals surface area contributed by atoms with E-state index in [9.17, 15) is 9.59 Å². The number of aromatic nitrogens is 2. The molecule has 0 radical (unpaired) electrons. The normalized spacial score (nSPS) is 16.2. The maximum atomic E-state index is 12.5. The number of amides is 1. The number of nitrogens with one attached hydrogen (secondary N) is 1. The molecule has 2 aromatic heterocycles. The van der Waals surface area contributed by atoms with E-state index in [-0.39, 0.29) is 5.56 Å². The van der Waals surface area contributed by atoms with Crippen molar-refractivity contribution in [1.29, 1.82) is 0 Å². The van der Waals surface area contributed by atoms with Crippen molar-refractivity contribution < 1.29 is 14.3 Å². The first-order valence-electron chi connectivity index (χ1n) is 10.8. The number of rotatable bonds is 8. The van der Waals surface area contributed by atoms with E-state index in [0.29, 0.717) is 31.4 Å². The van der Waals surface area contributed by atoms with E-state index in [4.69, 9.17) is 9.47 Å². The molecule has 4 rings (SSSR count). The van der Waals surface area contributed by atoms with Gasteiger partial charge in [-0.3, -0.25) is 9.78 Å². The zero-order chi connectivity index (χ0) is 22.3. The van der Waals surface area contributed by atoms with Crippen LogP contribution in [-0.2, 0) is 17.8 Å². The Hall–Kier alpha value is -3.39. The van der Waals surface area contributed by atoms with Crippen molar-refractivity contribution >= 4 is 17.1 Å². The zero-order valence-electron chi connectivity index (χ0n) is 18.2. The third-order valence-electron chi connectivity index (χ3n) is 5.79. The van der Waals surface area contributed by atoms with Gasteiger partial charge in [0.15, 0.2) is 0 Å². The number of methoxy groups -OCH3 is 1. The third-order valence-corrected chi connectivity index (χ3v) is 5.79. The number of hydrogen-bond donors (Lipinski definition) is 1. The molecule has 1 N–H and O–H groups in total. The summed E-state index contributed by atoms with van der Waals surface area (Å²) in [6.07, 6.45) is 2.22. The molecule has 32 heavy (non-hydrogen) atoms. The highest BCUT2D eigenvalue weighted by molar-refractivity contribution is 5.75. The highest BCUT2D eigenvalue weighted by atomic mass is 16.5. The Morgan fingerprint density at radius 3 is 2.84 bits per heavy atom. The summed E-state index contributed by atoms with van der Waals surface area (Å²) in [6, 6.07) is 14.9. The van der Waals surface area contributed by atoms with Crippen LogP contribution < -0.4 is 15.6 Å². The standard InChI is InChI=1S/C24H28N4O4/c1-31-20-13-22-21(25-15-20)7-8-23(29)28(22)12-11-27-10-9-19(16-27)17-32-24(30)26-14-18-5-3-2-4-6-18/h2-8,13,15,19H,9-12,14,16-17H2,1H3,(H,26,30)/t19-/m0/s1. The van der Waals surface area contributed by atoms with Crippen LogP contribution in [0.25, 0.3) is 11.0 Å². The molecule has 0 saturated carbocycles. The summed E-state index contributed by atoms with van der Waals surface area (Å²) in [6.45, 7) is 3.92. The predicted octanol–water partition coefficient (Wildman–Crippen LogP) is 2.65. The van der Waals surface area contributed by atoms with E-state index >= 15 is 0 Å². The molecule has 1 saturated heterocycles. The van der Waals surface area contributed by atoms with Gasteiger partial charge in [-0.1, -0.05) is 30.3 Å².